The molecule has 3 fully saturated rings. The number of amides is 4. The predicted octanol–water partition coefficient (Wildman–Crippen LogP) is 3.76. The zero-order chi connectivity index (χ0) is 39.8. The smallest absolute Gasteiger partial charge is 0.249 e. The van der Waals surface area contributed by atoms with Crippen molar-refractivity contribution in [3.8, 4) is 28.4 Å². The summed E-state index contributed by atoms with van der Waals surface area (Å²) in [6.07, 6.45) is 7.96. The van der Waals surface area contributed by atoms with E-state index in [1.54, 1.807) is 52.3 Å². The number of phenolic OH excluding ortho intramolecular Hbond substituents is 1. The van der Waals surface area contributed by atoms with E-state index in [4.69, 9.17) is 10.5 Å². The Morgan fingerprint density at radius 1 is 0.983 bits per heavy atom. The highest BCUT2D eigenvalue weighted by molar-refractivity contribution is 6.02. The first-order valence-corrected chi connectivity index (χ1v) is 19.7. The third-order valence-electron chi connectivity index (χ3n) is 11.7. The van der Waals surface area contributed by atoms with Gasteiger partial charge in [-0.1, -0.05) is 38.1 Å². The number of ether oxygens (including phenoxy) is 1. The predicted molar refractivity (Wildman–Crippen MR) is 219 cm³/mol. The molecule has 0 unspecified atom stereocenters. The molecule has 5 N–H and O–H groups in total. The number of hydrogen-bond donors (Lipinski definition) is 4. The van der Waals surface area contributed by atoms with Crippen LogP contribution in [-0.4, -0.2) is 105 Å². The number of nitrogens with zero attached hydrogens (tertiary/aromatic N) is 7. The molecule has 306 valence electrons. The van der Waals surface area contributed by atoms with E-state index >= 15 is 0 Å². The maximum absolute atomic E-state index is 13.7. The molecule has 4 aliphatic rings. The Morgan fingerprint density at radius 2 is 1.78 bits per heavy atom. The van der Waals surface area contributed by atoms with Gasteiger partial charge in [-0.05, 0) is 73.8 Å². The molecule has 1 aliphatic carbocycles. The van der Waals surface area contributed by atoms with E-state index in [0.29, 0.717) is 67.6 Å². The van der Waals surface area contributed by atoms with Crippen molar-refractivity contribution in [1.82, 2.24) is 30.2 Å². The van der Waals surface area contributed by atoms with Crippen molar-refractivity contribution in [1.29, 1.82) is 0 Å². The second-order valence-corrected chi connectivity index (χ2v) is 15.6. The lowest BCUT2D eigenvalue weighted by atomic mass is 9.80. The number of hydrogen-bond acceptors (Lipinski definition) is 12. The fraction of sp³-hybridized carbons (Fsp3) is 0.439. The van der Waals surface area contributed by atoms with Gasteiger partial charge in [0, 0.05) is 31.1 Å². The number of carbonyl (C=O) groups is 4. The van der Waals surface area contributed by atoms with E-state index in [0.717, 1.165) is 42.7 Å². The first-order valence-electron chi connectivity index (χ1n) is 19.7. The van der Waals surface area contributed by atoms with Crippen molar-refractivity contribution in [2.75, 3.05) is 47.9 Å². The number of imide groups is 1. The van der Waals surface area contributed by atoms with Crippen LogP contribution in [0.2, 0.25) is 0 Å². The standard InChI is InChI=1S/C41H48N10O6.ClH/c1-24(2)37(42)41(56)45-39-33(20-30(46-47-39)29-6-3-4-9-34(29)52)51-22-27(21-43-51)49-17-16-48(23-36(49)54)26-12-10-25(11-13-26)28-7-5-8-31-38(28)57-19-18-50(31)32-14-15-35(53)44-40(32)55;/h3-9,20-22,24-26,32,37,52H,10-19,23,42H2,1-2H3,(H,44,53,55)(H,45,47,56);1H/t25?,26?,32-,37-;/m0./s1. The number of phenols is 1. The highest BCUT2D eigenvalue weighted by atomic mass is 35.5. The SMILES string of the molecule is CC(C)[C@H](N)C(=O)Nc1nnc(-c2ccccc2O)cc1-n1cc(N2CCN(C3CCC(c4cccc5c4OCCN5[C@H]4CCC(=O)NC4=O)CC3)CC2=O)cn1.Cl. The molecule has 1 saturated carbocycles. The maximum Gasteiger partial charge on any atom is 0.249 e. The largest absolute Gasteiger partial charge is 0.507 e. The van der Waals surface area contributed by atoms with Crippen LogP contribution in [0, 0.1) is 5.92 Å². The third kappa shape index (κ3) is 8.08. The Labute approximate surface area is 342 Å². The van der Waals surface area contributed by atoms with Gasteiger partial charge in [-0.15, -0.1) is 22.6 Å². The number of fused-ring (bicyclic) bond motifs is 1. The molecule has 17 heteroatoms. The molecule has 0 spiro atoms. The third-order valence-corrected chi connectivity index (χ3v) is 11.7. The number of piperidine rings is 1. The lowest BCUT2D eigenvalue weighted by molar-refractivity contribution is -0.134. The Morgan fingerprint density at radius 3 is 2.52 bits per heavy atom. The number of anilines is 3. The summed E-state index contributed by atoms with van der Waals surface area (Å²) in [6.45, 7) is 6.26. The summed E-state index contributed by atoms with van der Waals surface area (Å²) in [5, 5.41) is 28.9. The van der Waals surface area contributed by atoms with Crippen LogP contribution < -0.4 is 30.9 Å². The van der Waals surface area contributed by atoms with Gasteiger partial charge in [-0.3, -0.25) is 29.4 Å². The number of benzene rings is 2. The van der Waals surface area contributed by atoms with Crippen molar-refractivity contribution in [3.63, 3.8) is 0 Å². The zero-order valence-corrected chi connectivity index (χ0v) is 33.4. The molecule has 4 aromatic rings. The highest BCUT2D eigenvalue weighted by Crippen LogP contribution is 2.45. The van der Waals surface area contributed by atoms with Crippen molar-refractivity contribution in [2.45, 2.75) is 76.4 Å². The quantitative estimate of drug-likeness (QED) is 0.179. The maximum atomic E-state index is 13.7. The van der Waals surface area contributed by atoms with Crippen molar-refractivity contribution in [2.24, 2.45) is 11.7 Å². The molecule has 5 heterocycles. The van der Waals surface area contributed by atoms with Crippen LogP contribution >= 0.6 is 12.4 Å². The Hall–Kier alpha value is -5.58. The lowest BCUT2D eigenvalue weighted by Gasteiger charge is -2.42. The minimum Gasteiger partial charge on any atom is -0.507 e. The minimum absolute atomic E-state index is 0. The zero-order valence-electron chi connectivity index (χ0n) is 32.5. The molecule has 8 rings (SSSR count). The average molecular weight is 813 g/mol. The molecule has 58 heavy (non-hydrogen) atoms. The summed E-state index contributed by atoms with van der Waals surface area (Å²) in [6, 6.07) is 13.7. The number of halogens is 1. The van der Waals surface area contributed by atoms with Gasteiger partial charge in [0.25, 0.3) is 0 Å². The molecule has 4 amide bonds. The second-order valence-electron chi connectivity index (χ2n) is 15.6. The number of aromatic hydroxyl groups is 1. The number of nitrogens with two attached hydrogens (primary N) is 1. The molecule has 2 atom stereocenters. The Balaban J connectivity index is 0.00000512. The molecule has 2 saturated heterocycles. The van der Waals surface area contributed by atoms with Crippen molar-refractivity contribution < 1.29 is 29.0 Å². The number of piperazine rings is 1. The molecule has 2 aromatic heterocycles. The van der Waals surface area contributed by atoms with E-state index in [2.05, 4.69) is 41.8 Å². The van der Waals surface area contributed by atoms with Gasteiger partial charge >= 0.3 is 0 Å². The topological polar surface area (TPSA) is 201 Å². The number of carbonyl (C=O) groups excluding carboxylic acids is 4. The van der Waals surface area contributed by atoms with Gasteiger partial charge in [0.05, 0.1) is 48.6 Å². The monoisotopic (exact) mass is 812 g/mol. The van der Waals surface area contributed by atoms with E-state index in [-0.39, 0.29) is 60.2 Å². The summed E-state index contributed by atoms with van der Waals surface area (Å²) in [7, 11) is 0. The van der Waals surface area contributed by atoms with E-state index in [9.17, 15) is 24.3 Å². The van der Waals surface area contributed by atoms with Crippen molar-refractivity contribution in [3.05, 3.63) is 66.5 Å². The molecular formula is C41H49ClN10O6. The summed E-state index contributed by atoms with van der Waals surface area (Å²) in [4.78, 5) is 57.4. The summed E-state index contributed by atoms with van der Waals surface area (Å²) >= 11 is 0. The van der Waals surface area contributed by atoms with Crippen LogP contribution in [-0.2, 0) is 19.2 Å². The normalized spacial score (nSPS) is 21.8. The first kappa shape index (κ1) is 40.6. The summed E-state index contributed by atoms with van der Waals surface area (Å²) < 4.78 is 7.79. The lowest BCUT2D eigenvalue weighted by Crippen LogP contribution is -2.54. The van der Waals surface area contributed by atoms with Gasteiger partial charge in [0.1, 0.15) is 29.8 Å². The fourth-order valence-electron chi connectivity index (χ4n) is 8.50. The molecule has 16 nitrogen and oxygen atoms in total. The molecule has 0 bridgehead atoms. The second kappa shape index (κ2) is 17.1. The Kier molecular flexibility index (Phi) is 12.0. The van der Waals surface area contributed by atoms with Crippen LogP contribution in [0.4, 0.5) is 17.2 Å². The van der Waals surface area contributed by atoms with E-state index < -0.39 is 18.0 Å². The fourth-order valence-corrected chi connectivity index (χ4v) is 8.50. The van der Waals surface area contributed by atoms with Gasteiger partial charge in [-0.25, -0.2) is 4.68 Å². The van der Waals surface area contributed by atoms with Crippen LogP contribution in [0.15, 0.2) is 60.9 Å². The molecule has 2 aromatic carbocycles. The van der Waals surface area contributed by atoms with Crippen LogP contribution in [0.5, 0.6) is 11.5 Å². The number of nitrogens with one attached hydrogen (secondary N) is 2. The van der Waals surface area contributed by atoms with Crippen LogP contribution in [0.1, 0.15) is 63.9 Å². The van der Waals surface area contributed by atoms with Gasteiger partial charge in [0.2, 0.25) is 23.6 Å². The summed E-state index contributed by atoms with van der Waals surface area (Å²) in [5.41, 5.74) is 10.0. The van der Waals surface area contributed by atoms with Crippen molar-refractivity contribution >= 4 is 53.2 Å². The number of rotatable bonds is 9. The van der Waals surface area contributed by atoms with E-state index in [1.807, 2.05) is 26.0 Å². The van der Waals surface area contributed by atoms with Gasteiger partial charge in [0.15, 0.2) is 5.82 Å². The molecule has 0 radical (unpaired) electrons. The van der Waals surface area contributed by atoms with Crippen LogP contribution in [0.3, 0.4) is 0 Å². The number of aromatic nitrogens is 4. The highest BCUT2D eigenvalue weighted by Gasteiger charge is 2.38. The molecular weight excluding hydrogens is 764 g/mol. The van der Waals surface area contributed by atoms with Gasteiger partial charge < -0.3 is 30.7 Å². The van der Waals surface area contributed by atoms with Gasteiger partial charge in [-0.2, -0.15) is 5.10 Å². The Bertz CT molecular complexity index is 2190. The average Bonchev–Trinajstić information content (AvgIpc) is 3.70. The summed E-state index contributed by atoms with van der Waals surface area (Å²) in [5.74, 6) is 0.281. The number of para-hydroxylation sites is 2. The minimum atomic E-state index is -0.773. The first-order chi connectivity index (χ1) is 27.5. The van der Waals surface area contributed by atoms with Crippen LogP contribution in [0.25, 0.3) is 16.9 Å². The molecule has 3 aliphatic heterocycles. The van der Waals surface area contributed by atoms with E-state index in [1.165, 1.54) is 0 Å².